The molecule has 4 rings (SSSR count). The fraction of sp³-hybridized carbons (Fsp3) is 0.650. The van der Waals surface area contributed by atoms with Gasteiger partial charge in [-0.3, -0.25) is 4.79 Å². The molecule has 0 spiro atoms. The number of halogens is 1. The molecular formula is C20H30ClN3O3S. The molecule has 0 aromatic heterocycles. The second-order valence-electron chi connectivity index (χ2n) is 8.11. The van der Waals surface area contributed by atoms with E-state index in [1.807, 2.05) is 19.1 Å². The second kappa shape index (κ2) is 8.69. The molecule has 1 amide bonds. The van der Waals surface area contributed by atoms with Gasteiger partial charge in [-0.1, -0.05) is 17.7 Å². The number of nitrogens with one attached hydrogen (secondary N) is 1. The van der Waals surface area contributed by atoms with Crippen LogP contribution in [0.3, 0.4) is 0 Å². The van der Waals surface area contributed by atoms with Crippen LogP contribution in [-0.2, 0) is 14.8 Å². The van der Waals surface area contributed by atoms with Crippen LogP contribution >= 0.6 is 12.4 Å². The van der Waals surface area contributed by atoms with Crippen LogP contribution in [0.15, 0.2) is 29.2 Å². The van der Waals surface area contributed by atoms with E-state index >= 15 is 0 Å². The number of hydrogen-bond acceptors (Lipinski definition) is 4. The van der Waals surface area contributed by atoms with Crippen molar-refractivity contribution >= 4 is 28.3 Å². The first-order valence-corrected chi connectivity index (χ1v) is 11.5. The number of benzene rings is 1. The lowest BCUT2D eigenvalue weighted by Gasteiger charge is -2.36. The van der Waals surface area contributed by atoms with Gasteiger partial charge >= 0.3 is 0 Å². The summed E-state index contributed by atoms with van der Waals surface area (Å²) in [5, 5.41) is 3.43. The fourth-order valence-corrected chi connectivity index (χ4v) is 6.23. The molecule has 1 aromatic rings. The number of sulfonamides is 1. The van der Waals surface area contributed by atoms with E-state index < -0.39 is 10.0 Å². The van der Waals surface area contributed by atoms with Crippen molar-refractivity contribution in [3.63, 3.8) is 0 Å². The molecule has 1 aromatic carbocycles. The van der Waals surface area contributed by atoms with Crippen molar-refractivity contribution in [2.24, 2.45) is 5.92 Å². The predicted molar refractivity (Wildman–Crippen MR) is 111 cm³/mol. The van der Waals surface area contributed by atoms with Gasteiger partial charge in [0, 0.05) is 37.6 Å². The smallest absolute Gasteiger partial charge is 0.243 e. The molecule has 3 fully saturated rings. The molecule has 0 aliphatic carbocycles. The van der Waals surface area contributed by atoms with E-state index in [1.165, 1.54) is 0 Å². The maximum atomic E-state index is 13.2. The van der Waals surface area contributed by atoms with E-state index in [-0.39, 0.29) is 24.2 Å². The minimum absolute atomic E-state index is 0. The zero-order chi connectivity index (χ0) is 19.0. The van der Waals surface area contributed by atoms with E-state index in [0.717, 1.165) is 37.9 Å². The predicted octanol–water partition coefficient (Wildman–Crippen LogP) is 2.17. The highest BCUT2D eigenvalue weighted by atomic mass is 35.5. The number of carbonyl (C=O) groups is 1. The van der Waals surface area contributed by atoms with Gasteiger partial charge in [0.15, 0.2) is 0 Å². The molecule has 3 aliphatic heterocycles. The van der Waals surface area contributed by atoms with Crippen molar-refractivity contribution in [3.05, 3.63) is 29.8 Å². The van der Waals surface area contributed by atoms with Crippen LogP contribution in [-0.4, -0.2) is 61.8 Å². The zero-order valence-electron chi connectivity index (χ0n) is 16.3. The summed E-state index contributed by atoms with van der Waals surface area (Å²) in [5.74, 6) is 0.203. The molecule has 6 nitrogen and oxygen atoms in total. The van der Waals surface area contributed by atoms with Gasteiger partial charge in [0.2, 0.25) is 15.9 Å². The Morgan fingerprint density at radius 2 is 1.64 bits per heavy atom. The summed E-state index contributed by atoms with van der Waals surface area (Å²) in [5.41, 5.74) is 1.04. The van der Waals surface area contributed by atoms with E-state index in [1.54, 1.807) is 16.4 Å². The third-order valence-corrected chi connectivity index (χ3v) is 8.28. The van der Waals surface area contributed by atoms with Gasteiger partial charge in [0.1, 0.15) is 0 Å². The van der Waals surface area contributed by atoms with Crippen molar-refractivity contribution in [2.45, 2.75) is 56.0 Å². The van der Waals surface area contributed by atoms with Crippen LogP contribution in [0.5, 0.6) is 0 Å². The number of hydrogen-bond donors (Lipinski definition) is 1. The monoisotopic (exact) mass is 427 g/mol. The SMILES string of the molecule is Cc1ccc(S(=O)(=O)N2CCC(C(=O)N3C4CCNCC3CC4)CC2)cc1.Cl. The molecule has 2 unspecified atom stereocenters. The summed E-state index contributed by atoms with van der Waals surface area (Å²) in [4.78, 5) is 15.6. The van der Waals surface area contributed by atoms with Gasteiger partial charge in [-0.2, -0.15) is 4.31 Å². The molecule has 28 heavy (non-hydrogen) atoms. The number of fused-ring (bicyclic) bond motifs is 2. The minimum atomic E-state index is -3.47. The number of amides is 1. The lowest BCUT2D eigenvalue weighted by molar-refractivity contribution is -0.139. The quantitative estimate of drug-likeness (QED) is 0.802. The van der Waals surface area contributed by atoms with Gasteiger partial charge in [-0.05, 0) is 57.7 Å². The number of piperidine rings is 1. The lowest BCUT2D eigenvalue weighted by Crippen LogP contribution is -2.48. The highest BCUT2D eigenvalue weighted by Gasteiger charge is 2.42. The maximum absolute atomic E-state index is 13.2. The Hall–Kier alpha value is -1.15. The number of carbonyl (C=O) groups excluding carboxylic acids is 1. The van der Waals surface area contributed by atoms with E-state index in [2.05, 4.69) is 10.2 Å². The fourth-order valence-electron chi connectivity index (χ4n) is 4.76. The highest BCUT2D eigenvalue weighted by molar-refractivity contribution is 7.89. The van der Waals surface area contributed by atoms with Crippen LogP contribution in [0.1, 0.15) is 37.7 Å². The molecule has 0 saturated carbocycles. The third kappa shape index (κ3) is 4.08. The molecule has 1 N–H and O–H groups in total. The van der Waals surface area contributed by atoms with Crippen LogP contribution in [0.2, 0.25) is 0 Å². The van der Waals surface area contributed by atoms with Crippen LogP contribution in [0.4, 0.5) is 0 Å². The summed E-state index contributed by atoms with van der Waals surface area (Å²) in [6.07, 6.45) is 4.46. The molecule has 3 saturated heterocycles. The van der Waals surface area contributed by atoms with Crippen molar-refractivity contribution in [2.75, 3.05) is 26.2 Å². The Morgan fingerprint density at radius 3 is 2.32 bits per heavy atom. The normalized spacial score (nSPS) is 26.5. The summed E-state index contributed by atoms with van der Waals surface area (Å²) in [7, 11) is -3.47. The summed E-state index contributed by atoms with van der Waals surface area (Å²) in [6.45, 7) is 4.67. The number of rotatable bonds is 3. The Labute approximate surface area is 174 Å². The Bertz CT molecular complexity index is 777. The molecular weight excluding hydrogens is 398 g/mol. The average Bonchev–Trinajstić information content (AvgIpc) is 2.94. The van der Waals surface area contributed by atoms with Gasteiger partial charge < -0.3 is 10.2 Å². The first-order chi connectivity index (χ1) is 13.0. The molecule has 156 valence electrons. The van der Waals surface area contributed by atoms with E-state index in [0.29, 0.717) is 42.9 Å². The first-order valence-electron chi connectivity index (χ1n) is 10.1. The summed E-state index contributed by atoms with van der Waals surface area (Å²) < 4.78 is 27.3. The Balaban J connectivity index is 0.00000225. The minimum Gasteiger partial charge on any atom is -0.335 e. The second-order valence-corrected chi connectivity index (χ2v) is 10.1. The van der Waals surface area contributed by atoms with Gasteiger partial charge in [-0.15, -0.1) is 12.4 Å². The zero-order valence-corrected chi connectivity index (χ0v) is 18.0. The Kier molecular flexibility index (Phi) is 6.69. The topological polar surface area (TPSA) is 69.7 Å². The average molecular weight is 428 g/mol. The van der Waals surface area contributed by atoms with Gasteiger partial charge in [0.25, 0.3) is 0 Å². The first kappa shape index (κ1) is 21.6. The van der Waals surface area contributed by atoms with Gasteiger partial charge in [0.05, 0.1) is 4.90 Å². The summed E-state index contributed by atoms with van der Waals surface area (Å²) in [6, 6.07) is 7.68. The molecule has 2 atom stereocenters. The highest BCUT2D eigenvalue weighted by Crippen LogP contribution is 2.32. The molecule has 8 heteroatoms. The third-order valence-electron chi connectivity index (χ3n) is 6.37. The molecule has 0 radical (unpaired) electrons. The molecule has 3 aliphatic rings. The van der Waals surface area contributed by atoms with E-state index in [9.17, 15) is 13.2 Å². The standard InChI is InChI=1S/C20H29N3O3S.ClH/c1-15-2-6-19(7-3-15)27(25,26)22-12-9-16(10-13-22)20(24)23-17-4-5-18(23)14-21-11-8-17;/h2-3,6-7,16-18,21H,4-5,8-14H2,1H3;1H. The van der Waals surface area contributed by atoms with Crippen LogP contribution in [0, 0.1) is 12.8 Å². The summed E-state index contributed by atoms with van der Waals surface area (Å²) >= 11 is 0. The van der Waals surface area contributed by atoms with Crippen molar-refractivity contribution < 1.29 is 13.2 Å². The lowest BCUT2D eigenvalue weighted by atomic mass is 9.95. The van der Waals surface area contributed by atoms with Crippen LogP contribution < -0.4 is 5.32 Å². The van der Waals surface area contributed by atoms with E-state index in [4.69, 9.17) is 0 Å². The Morgan fingerprint density at radius 1 is 1.00 bits per heavy atom. The van der Waals surface area contributed by atoms with Crippen molar-refractivity contribution in [3.8, 4) is 0 Å². The number of aryl methyl sites for hydroxylation is 1. The van der Waals surface area contributed by atoms with Crippen LogP contribution in [0.25, 0.3) is 0 Å². The number of nitrogens with zero attached hydrogens (tertiary/aromatic N) is 2. The van der Waals surface area contributed by atoms with Crippen molar-refractivity contribution in [1.29, 1.82) is 0 Å². The molecule has 3 heterocycles. The maximum Gasteiger partial charge on any atom is 0.243 e. The van der Waals surface area contributed by atoms with Gasteiger partial charge in [-0.25, -0.2) is 8.42 Å². The van der Waals surface area contributed by atoms with Crippen molar-refractivity contribution in [1.82, 2.24) is 14.5 Å². The largest absolute Gasteiger partial charge is 0.335 e. The molecule has 2 bridgehead atoms.